The average molecular weight is 544 g/mol. The highest BCUT2D eigenvalue weighted by molar-refractivity contribution is 7.92. The van der Waals surface area contributed by atoms with E-state index in [1.165, 1.54) is 10.6 Å². The van der Waals surface area contributed by atoms with Crippen LogP contribution in [0.15, 0.2) is 48.5 Å². The Kier molecular flexibility index (Phi) is 10.6. The summed E-state index contributed by atoms with van der Waals surface area (Å²) in [6.07, 6.45) is 6.63. The van der Waals surface area contributed by atoms with Crippen LogP contribution in [0.4, 0.5) is 5.69 Å². The quantitative estimate of drug-likeness (QED) is 0.407. The van der Waals surface area contributed by atoms with Gasteiger partial charge in [-0.2, -0.15) is 0 Å². The monoisotopic (exact) mass is 543 g/mol. The zero-order valence-corrected chi connectivity index (χ0v) is 23.8. The zero-order chi connectivity index (χ0) is 27.7. The highest BCUT2D eigenvalue weighted by atomic mass is 32.2. The van der Waals surface area contributed by atoms with Crippen molar-refractivity contribution in [1.29, 1.82) is 0 Å². The van der Waals surface area contributed by atoms with Crippen molar-refractivity contribution in [2.75, 3.05) is 24.2 Å². The largest absolute Gasteiger partial charge is 0.497 e. The lowest BCUT2D eigenvalue weighted by molar-refractivity contribution is -0.141. The second-order valence-electron chi connectivity index (χ2n) is 9.99. The molecule has 1 atom stereocenters. The van der Waals surface area contributed by atoms with Gasteiger partial charge in [-0.3, -0.25) is 13.9 Å². The van der Waals surface area contributed by atoms with Crippen LogP contribution >= 0.6 is 0 Å². The first-order chi connectivity index (χ1) is 18.1. The molecule has 2 aromatic rings. The van der Waals surface area contributed by atoms with Crippen LogP contribution in [-0.2, 0) is 32.6 Å². The second kappa shape index (κ2) is 13.6. The number of benzene rings is 2. The number of methoxy groups -OCH3 is 1. The fourth-order valence-corrected chi connectivity index (χ4v) is 5.77. The Labute approximate surface area is 227 Å². The minimum absolute atomic E-state index is 0.121. The van der Waals surface area contributed by atoms with Crippen molar-refractivity contribution in [3.05, 3.63) is 59.7 Å². The average Bonchev–Trinajstić information content (AvgIpc) is 3.42. The first-order valence-corrected chi connectivity index (χ1v) is 15.3. The number of anilines is 1. The lowest BCUT2D eigenvalue weighted by atomic mass is 10.1. The van der Waals surface area contributed by atoms with Gasteiger partial charge in [0.15, 0.2) is 0 Å². The number of nitrogens with zero attached hydrogens (tertiary/aromatic N) is 2. The van der Waals surface area contributed by atoms with Gasteiger partial charge in [0, 0.05) is 25.6 Å². The number of carbonyl (C=O) groups excluding carboxylic acids is 2. The summed E-state index contributed by atoms with van der Waals surface area (Å²) < 4.78 is 31.6. The third-order valence-corrected chi connectivity index (χ3v) is 8.36. The molecule has 0 radical (unpaired) electrons. The van der Waals surface area contributed by atoms with Crippen LogP contribution in [0, 0.1) is 0 Å². The standard InChI is InChI=1S/C29H41N3O5S/c1-5-23-12-16-26(17-13-23)32(38(4,35)36)20-8-11-28(33)31(21-24-14-18-27(37-3)19-15-24)22(2)29(34)30-25-9-6-7-10-25/h12-19,22,25H,5-11,20-21H2,1-4H3,(H,30,34)/t22-/m0/s1. The zero-order valence-electron chi connectivity index (χ0n) is 23.0. The fraction of sp³-hybridized carbons (Fsp3) is 0.517. The van der Waals surface area contributed by atoms with Crippen molar-refractivity contribution < 1.29 is 22.7 Å². The fourth-order valence-electron chi connectivity index (χ4n) is 4.80. The Morgan fingerprint density at radius 2 is 1.63 bits per heavy atom. The molecule has 0 bridgehead atoms. The van der Waals surface area contributed by atoms with E-state index in [9.17, 15) is 18.0 Å². The molecule has 3 rings (SSSR count). The molecule has 1 aliphatic rings. The smallest absolute Gasteiger partial charge is 0.242 e. The molecule has 0 aromatic heterocycles. The summed E-state index contributed by atoms with van der Waals surface area (Å²) in [5.74, 6) is 0.365. The van der Waals surface area contributed by atoms with Crippen LogP contribution in [-0.4, -0.2) is 57.1 Å². The highest BCUT2D eigenvalue weighted by Gasteiger charge is 2.28. The normalized spacial score (nSPS) is 14.6. The van der Waals surface area contributed by atoms with Crippen LogP contribution in [0.2, 0.25) is 0 Å². The van der Waals surface area contributed by atoms with E-state index in [1.807, 2.05) is 43.3 Å². The van der Waals surface area contributed by atoms with E-state index in [4.69, 9.17) is 4.74 Å². The Morgan fingerprint density at radius 1 is 1.03 bits per heavy atom. The van der Waals surface area contributed by atoms with Crippen LogP contribution < -0.4 is 14.4 Å². The van der Waals surface area contributed by atoms with E-state index in [0.29, 0.717) is 17.9 Å². The van der Waals surface area contributed by atoms with Gasteiger partial charge in [-0.1, -0.05) is 44.0 Å². The van der Waals surface area contributed by atoms with E-state index in [0.717, 1.165) is 43.2 Å². The topological polar surface area (TPSA) is 96.0 Å². The number of nitrogens with one attached hydrogen (secondary N) is 1. The predicted octanol–water partition coefficient (Wildman–Crippen LogP) is 4.28. The van der Waals surface area contributed by atoms with Crippen molar-refractivity contribution >= 4 is 27.5 Å². The summed E-state index contributed by atoms with van der Waals surface area (Å²) in [6, 6.07) is 14.4. The number of hydrogen-bond donors (Lipinski definition) is 1. The molecule has 2 aromatic carbocycles. The maximum absolute atomic E-state index is 13.5. The highest BCUT2D eigenvalue weighted by Crippen LogP contribution is 2.22. The molecule has 9 heteroatoms. The van der Waals surface area contributed by atoms with E-state index < -0.39 is 16.1 Å². The van der Waals surface area contributed by atoms with Gasteiger partial charge in [-0.25, -0.2) is 8.42 Å². The molecule has 1 N–H and O–H groups in total. The van der Waals surface area contributed by atoms with Crippen LogP contribution in [0.25, 0.3) is 0 Å². The molecule has 0 heterocycles. The molecule has 1 saturated carbocycles. The van der Waals surface area contributed by atoms with E-state index >= 15 is 0 Å². The first-order valence-electron chi connectivity index (χ1n) is 13.4. The van der Waals surface area contributed by atoms with E-state index in [-0.39, 0.29) is 37.4 Å². The molecule has 1 aliphatic carbocycles. The number of sulfonamides is 1. The number of hydrogen-bond acceptors (Lipinski definition) is 5. The van der Waals surface area contributed by atoms with Crippen LogP contribution in [0.3, 0.4) is 0 Å². The van der Waals surface area contributed by atoms with Crippen LogP contribution in [0.1, 0.15) is 63.5 Å². The molecule has 1 fully saturated rings. The van der Waals surface area contributed by atoms with Gasteiger partial charge in [0.1, 0.15) is 11.8 Å². The minimum Gasteiger partial charge on any atom is -0.497 e. The van der Waals surface area contributed by atoms with Gasteiger partial charge in [0.2, 0.25) is 21.8 Å². The van der Waals surface area contributed by atoms with Gasteiger partial charge >= 0.3 is 0 Å². The third-order valence-electron chi connectivity index (χ3n) is 7.17. The van der Waals surface area contributed by atoms with Gasteiger partial charge in [-0.15, -0.1) is 0 Å². The Bertz CT molecular complexity index is 1160. The lowest BCUT2D eigenvalue weighted by Crippen LogP contribution is -2.49. The van der Waals surface area contributed by atoms with Crippen molar-refractivity contribution in [2.24, 2.45) is 0 Å². The summed E-state index contributed by atoms with van der Waals surface area (Å²) in [5, 5.41) is 3.10. The maximum atomic E-state index is 13.5. The molecular weight excluding hydrogens is 502 g/mol. The Hall–Kier alpha value is -3.07. The molecule has 2 amide bonds. The first kappa shape index (κ1) is 29.5. The van der Waals surface area contributed by atoms with Gasteiger partial charge in [0.25, 0.3) is 0 Å². The van der Waals surface area contributed by atoms with Gasteiger partial charge in [0.05, 0.1) is 19.1 Å². The summed E-state index contributed by atoms with van der Waals surface area (Å²) in [4.78, 5) is 28.1. The summed E-state index contributed by atoms with van der Waals surface area (Å²) in [7, 11) is -1.93. The van der Waals surface area contributed by atoms with Crippen molar-refractivity contribution in [1.82, 2.24) is 10.2 Å². The lowest BCUT2D eigenvalue weighted by Gasteiger charge is -2.30. The van der Waals surface area contributed by atoms with Gasteiger partial charge < -0.3 is 15.0 Å². The molecule has 0 unspecified atom stereocenters. The number of rotatable bonds is 13. The number of carbonyl (C=O) groups is 2. The molecule has 0 spiro atoms. The van der Waals surface area contributed by atoms with Gasteiger partial charge in [-0.05, 0) is 68.0 Å². The Balaban J connectivity index is 1.71. The molecule has 38 heavy (non-hydrogen) atoms. The summed E-state index contributed by atoms with van der Waals surface area (Å²) in [6.45, 7) is 4.25. The maximum Gasteiger partial charge on any atom is 0.242 e. The number of amides is 2. The van der Waals surface area contributed by atoms with E-state index in [2.05, 4.69) is 5.32 Å². The van der Waals surface area contributed by atoms with Crippen molar-refractivity contribution in [3.8, 4) is 5.75 Å². The predicted molar refractivity (Wildman–Crippen MR) is 151 cm³/mol. The van der Waals surface area contributed by atoms with E-state index in [1.54, 1.807) is 31.1 Å². The van der Waals surface area contributed by atoms with Crippen molar-refractivity contribution in [3.63, 3.8) is 0 Å². The Morgan fingerprint density at radius 3 is 2.18 bits per heavy atom. The minimum atomic E-state index is -3.52. The molecule has 8 nitrogen and oxygen atoms in total. The van der Waals surface area contributed by atoms with Crippen LogP contribution in [0.5, 0.6) is 5.75 Å². The number of aryl methyl sites for hydroxylation is 1. The molecular formula is C29H41N3O5S. The number of ether oxygens (including phenoxy) is 1. The molecule has 0 saturated heterocycles. The summed E-state index contributed by atoms with van der Waals surface area (Å²) >= 11 is 0. The molecule has 208 valence electrons. The van der Waals surface area contributed by atoms with Crippen molar-refractivity contribution in [2.45, 2.75) is 77.4 Å². The SMILES string of the molecule is CCc1ccc(N(CCCC(=O)N(Cc2ccc(OC)cc2)[C@@H](C)C(=O)NC2CCCC2)S(C)(=O)=O)cc1. The summed E-state index contributed by atoms with van der Waals surface area (Å²) in [5.41, 5.74) is 2.58. The third kappa shape index (κ3) is 8.21. The molecule has 0 aliphatic heterocycles. The second-order valence-corrected chi connectivity index (χ2v) is 11.9.